The smallest absolute Gasteiger partial charge is 0.407 e. The van der Waals surface area contributed by atoms with Gasteiger partial charge in [-0.25, -0.2) is 13.6 Å². The first-order chi connectivity index (χ1) is 16.7. The molecule has 3 N–H and O–H groups in total. The monoisotopic (exact) mass is 501 g/mol. The van der Waals surface area contributed by atoms with E-state index in [-0.39, 0.29) is 23.2 Å². The fourth-order valence-corrected chi connectivity index (χ4v) is 5.88. The summed E-state index contributed by atoms with van der Waals surface area (Å²) in [5.74, 6) is -2.26. The molecule has 1 aliphatic carbocycles. The van der Waals surface area contributed by atoms with Gasteiger partial charge < -0.3 is 20.4 Å². The molecule has 1 fully saturated rings. The van der Waals surface area contributed by atoms with E-state index in [1.807, 2.05) is 26.8 Å². The minimum Gasteiger partial charge on any atom is -0.443 e. The molecule has 0 unspecified atom stereocenters. The van der Waals surface area contributed by atoms with Gasteiger partial charge in [-0.2, -0.15) is 0 Å². The summed E-state index contributed by atoms with van der Waals surface area (Å²) in [6, 6.07) is 7.09. The lowest BCUT2D eigenvalue weighted by atomic mass is 9.78. The van der Waals surface area contributed by atoms with Crippen LogP contribution in [0.4, 0.5) is 19.3 Å². The zero-order valence-corrected chi connectivity index (χ0v) is 20.9. The van der Waals surface area contributed by atoms with E-state index in [1.165, 1.54) is 6.42 Å². The van der Waals surface area contributed by atoms with Gasteiger partial charge in [0.15, 0.2) is 11.6 Å². The maximum atomic E-state index is 15.5. The average molecular weight is 502 g/mol. The van der Waals surface area contributed by atoms with Crippen molar-refractivity contribution >= 4 is 34.3 Å². The topological polar surface area (TPSA) is 66.1 Å². The molecule has 186 valence electrons. The number of amides is 1. The van der Waals surface area contributed by atoms with Gasteiger partial charge in [-0.1, -0.05) is 56.0 Å². The molecule has 0 spiro atoms. The van der Waals surface area contributed by atoms with Crippen molar-refractivity contribution in [2.24, 2.45) is 0 Å². The van der Waals surface area contributed by atoms with Gasteiger partial charge in [0.2, 0.25) is 0 Å². The molecule has 1 aromatic heterocycles. The normalized spacial score (nSPS) is 21.9. The van der Waals surface area contributed by atoms with Crippen LogP contribution in [0, 0.1) is 11.6 Å². The SMILES string of the molecule is C[C@@H]1c2cc(-c3cccc4c(Cl)c[nH]c34)c(F)c(F)c2NC(C)(C)[C@H]1OC(=O)NC1CCCCC1. The fourth-order valence-electron chi connectivity index (χ4n) is 5.67. The number of H-pyrrole nitrogens is 1. The minimum absolute atomic E-state index is 0.105. The van der Waals surface area contributed by atoms with Gasteiger partial charge in [0, 0.05) is 34.7 Å². The number of aromatic amines is 1. The van der Waals surface area contributed by atoms with Gasteiger partial charge in [-0.15, -0.1) is 0 Å². The fraction of sp³-hybridized carbons (Fsp3) is 0.444. The Hall–Kier alpha value is -2.80. The highest BCUT2D eigenvalue weighted by atomic mass is 35.5. The van der Waals surface area contributed by atoms with Crippen molar-refractivity contribution < 1.29 is 18.3 Å². The summed E-state index contributed by atoms with van der Waals surface area (Å²) in [5.41, 5.74) is 1.13. The van der Waals surface area contributed by atoms with Crippen LogP contribution in [0.2, 0.25) is 5.02 Å². The van der Waals surface area contributed by atoms with E-state index < -0.39 is 29.4 Å². The number of halogens is 3. The van der Waals surface area contributed by atoms with E-state index in [9.17, 15) is 4.79 Å². The van der Waals surface area contributed by atoms with E-state index in [0.717, 1.165) is 31.1 Å². The predicted octanol–water partition coefficient (Wildman–Crippen LogP) is 7.50. The van der Waals surface area contributed by atoms with E-state index in [2.05, 4.69) is 15.6 Å². The molecule has 0 radical (unpaired) electrons. The van der Waals surface area contributed by atoms with Crippen LogP contribution in [0.15, 0.2) is 30.5 Å². The second kappa shape index (κ2) is 9.01. The molecule has 1 saturated carbocycles. The first-order valence-electron chi connectivity index (χ1n) is 12.2. The molecule has 0 saturated heterocycles. The van der Waals surface area contributed by atoms with Crippen LogP contribution in [0.5, 0.6) is 0 Å². The number of hydrogen-bond acceptors (Lipinski definition) is 3. The highest BCUT2D eigenvalue weighted by Crippen LogP contribution is 2.45. The van der Waals surface area contributed by atoms with Gasteiger partial charge >= 0.3 is 6.09 Å². The van der Waals surface area contributed by atoms with Crippen LogP contribution in [0.3, 0.4) is 0 Å². The maximum absolute atomic E-state index is 15.5. The number of carbonyl (C=O) groups is 1. The third-order valence-electron chi connectivity index (χ3n) is 7.46. The summed E-state index contributed by atoms with van der Waals surface area (Å²) < 4.78 is 36.8. The van der Waals surface area contributed by atoms with Gasteiger partial charge in [-0.3, -0.25) is 0 Å². The molecule has 3 aromatic rings. The van der Waals surface area contributed by atoms with Crippen molar-refractivity contribution in [1.29, 1.82) is 0 Å². The van der Waals surface area contributed by atoms with Crippen molar-refractivity contribution in [3.05, 3.63) is 52.7 Å². The standard InChI is InChI=1S/C27H30ClF2N3O2/c1-14-18-12-19(16-10-7-11-17-20(28)13-31-23(16)17)21(29)22(30)24(18)33-27(2,3)25(14)35-26(34)32-15-8-5-4-6-9-15/h7,10-15,25,31,33H,4-6,8-9H2,1-3H3,(H,32,34)/t14-,25+/m1/s1. The number of carbonyl (C=O) groups excluding carboxylic acids is 1. The zero-order valence-electron chi connectivity index (χ0n) is 20.1. The summed E-state index contributed by atoms with van der Waals surface area (Å²) in [6.07, 6.45) is 5.84. The van der Waals surface area contributed by atoms with Gasteiger partial charge in [-0.05, 0) is 38.3 Å². The Morgan fingerprint density at radius 2 is 1.89 bits per heavy atom. The predicted molar refractivity (Wildman–Crippen MR) is 135 cm³/mol. The molecule has 1 amide bonds. The summed E-state index contributed by atoms with van der Waals surface area (Å²) in [7, 11) is 0. The van der Waals surface area contributed by atoms with Crippen LogP contribution in [0.1, 0.15) is 64.4 Å². The highest BCUT2D eigenvalue weighted by Gasteiger charge is 2.44. The number of nitrogens with one attached hydrogen (secondary N) is 3. The lowest BCUT2D eigenvalue weighted by Crippen LogP contribution is -2.53. The Balaban J connectivity index is 1.51. The lowest BCUT2D eigenvalue weighted by Gasteiger charge is -2.44. The van der Waals surface area contributed by atoms with Gasteiger partial charge in [0.1, 0.15) is 6.10 Å². The molecule has 1 aliphatic heterocycles. The largest absolute Gasteiger partial charge is 0.443 e. The summed E-state index contributed by atoms with van der Waals surface area (Å²) in [4.78, 5) is 15.8. The van der Waals surface area contributed by atoms with E-state index in [4.69, 9.17) is 16.3 Å². The van der Waals surface area contributed by atoms with Crippen LogP contribution in [-0.4, -0.2) is 28.8 Å². The second-order valence-corrected chi connectivity index (χ2v) is 10.7. The van der Waals surface area contributed by atoms with Crippen molar-refractivity contribution in [2.45, 2.75) is 76.5 Å². The van der Waals surface area contributed by atoms with Crippen LogP contribution < -0.4 is 10.6 Å². The van der Waals surface area contributed by atoms with Crippen LogP contribution in [-0.2, 0) is 4.74 Å². The minimum atomic E-state index is -0.947. The first-order valence-corrected chi connectivity index (χ1v) is 12.6. The van der Waals surface area contributed by atoms with Gasteiger partial charge in [0.25, 0.3) is 0 Å². The van der Waals surface area contributed by atoms with E-state index >= 15 is 8.78 Å². The quantitative estimate of drug-likeness (QED) is 0.348. The molecule has 2 aliphatic rings. The van der Waals surface area contributed by atoms with Crippen molar-refractivity contribution in [3.63, 3.8) is 0 Å². The molecule has 2 aromatic carbocycles. The van der Waals surface area contributed by atoms with Crippen molar-refractivity contribution in [2.75, 3.05) is 5.32 Å². The van der Waals surface area contributed by atoms with Gasteiger partial charge in [0.05, 0.1) is 21.8 Å². The number of fused-ring (bicyclic) bond motifs is 2. The molecule has 2 heterocycles. The third kappa shape index (κ3) is 4.24. The van der Waals surface area contributed by atoms with Crippen LogP contribution in [0.25, 0.3) is 22.0 Å². The molecular weight excluding hydrogens is 472 g/mol. The average Bonchev–Trinajstić information content (AvgIpc) is 3.21. The molecule has 8 heteroatoms. The Kier molecular flexibility index (Phi) is 6.16. The number of para-hydroxylation sites is 1. The second-order valence-electron chi connectivity index (χ2n) is 10.3. The molecule has 5 rings (SSSR count). The molecular formula is C27H30ClF2N3O2. The molecule has 2 atom stereocenters. The number of alkyl carbamates (subject to hydrolysis) is 1. The molecule has 35 heavy (non-hydrogen) atoms. The Labute approximate surface area is 208 Å². The third-order valence-corrected chi connectivity index (χ3v) is 7.77. The maximum Gasteiger partial charge on any atom is 0.407 e. The highest BCUT2D eigenvalue weighted by molar-refractivity contribution is 6.36. The number of rotatable bonds is 3. The summed E-state index contributed by atoms with van der Waals surface area (Å²) in [5, 5.41) is 7.34. The number of aromatic nitrogens is 1. The number of ether oxygens (including phenoxy) is 1. The molecule has 5 nitrogen and oxygen atoms in total. The van der Waals surface area contributed by atoms with E-state index in [1.54, 1.807) is 24.4 Å². The van der Waals surface area contributed by atoms with Crippen molar-refractivity contribution in [3.8, 4) is 11.1 Å². The Morgan fingerprint density at radius 3 is 2.63 bits per heavy atom. The Morgan fingerprint density at radius 1 is 1.14 bits per heavy atom. The molecule has 0 bridgehead atoms. The van der Waals surface area contributed by atoms with Crippen molar-refractivity contribution in [1.82, 2.24) is 10.3 Å². The first kappa shape index (κ1) is 23.9. The van der Waals surface area contributed by atoms with Crippen LogP contribution >= 0.6 is 11.6 Å². The zero-order chi connectivity index (χ0) is 24.9. The Bertz CT molecular complexity index is 1280. The summed E-state index contributed by atoms with van der Waals surface area (Å²) >= 11 is 6.25. The summed E-state index contributed by atoms with van der Waals surface area (Å²) in [6.45, 7) is 5.54. The number of benzene rings is 2. The van der Waals surface area contributed by atoms with E-state index in [0.29, 0.717) is 21.7 Å². The number of hydrogen-bond donors (Lipinski definition) is 3. The lowest BCUT2D eigenvalue weighted by molar-refractivity contribution is 0.0444. The number of anilines is 1.